The molecule has 0 radical (unpaired) electrons. The summed E-state index contributed by atoms with van der Waals surface area (Å²) in [6.07, 6.45) is 3.93. The first-order valence-electron chi connectivity index (χ1n) is 9.00. The lowest BCUT2D eigenvalue weighted by Crippen LogP contribution is -1.98. The Morgan fingerprint density at radius 1 is 0.643 bits per heavy atom. The lowest BCUT2D eigenvalue weighted by molar-refractivity contribution is 0.782. The molecule has 6 nitrogen and oxygen atoms in total. The minimum atomic E-state index is 0.596. The van der Waals surface area contributed by atoms with E-state index < -0.39 is 0 Å². The monoisotopic (exact) mass is 370 g/mol. The summed E-state index contributed by atoms with van der Waals surface area (Å²) in [5.41, 5.74) is 18.0. The van der Waals surface area contributed by atoms with Crippen LogP contribution in [0.4, 0.5) is 11.6 Å². The van der Waals surface area contributed by atoms with Gasteiger partial charge in [-0.25, -0.2) is 0 Å². The third-order valence-corrected chi connectivity index (χ3v) is 4.77. The summed E-state index contributed by atoms with van der Waals surface area (Å²) in [6, 6.07) is 20.0. The molecule has 2 aromatic carbocycles. The van der Waals surface area contributed by atoms with E-state index in [1.54, 1.807) is 9.36 Å². The van der Waals surface area contributed by atoms with Gasteiger partial charge in [-0.1, -0.05) is 60.7 Å². The maximum absolute atomic E-state index is 6.29. The third kappa shape index (κ3) is 3.05. The van der Waals surface area contributed by atoms with Crippen molar-refractivity contribution in [2.24, 2.45) is 14.1 Å². The predicted molar refractivity (Wildman–Crippen MR) is 115 cm³/mol. The average Bonchev–Trinajstić information content (AvgIpc) is 3.18. The van der Waals surface area contributed by atoms with E-state index in [-0.39, 0.29) is 0 Å². The van der Waals surface area contributed by atoms with Crippen LogP contribution in [-0.2, 0) is 14.1 Å². The number of nitrogen functional groups attached to an aromatic ring is 2. The molecule has 2 aromatic heterocycles. The highest BCUT2D eigenvalue weighted by atomic mass is 15.3. The summed E-state index contributed by atoms with van der Waals surface area (Å²) < 4.78 is 3.37. The van der Waals surface area contributed by atoms with Gasteiger partial charge in [0.1, 0.15) is 23.0 Å². The van der Waals surface area contributed by atoms with Crippen LogP contribution >= 0.6 is 0 Å². The molecule has 6 heteroatoms. The van der Waals surface area contributed by atoms with Gasteiger partial charge in [-0.15, -0.1) is 0 Å². The fraction of sp³-hybridized carbons (Fsp3) is 0.0909. The highest BCUT2D eigenvalue weighted by Gasteiger charge is 2.16. The molecule has 28 heavy (non-hydrogen) atoms. The van der Waals surface area contributed by atoms with Crippen molar-refractivity contribution in [1.82, 2.24) is 19.6 Å². The second-order valence-corrected chi connectivity index (χ2v) is 6.61. The SMILES string of the molecule is Cn1nc(-c2ccccc2)c(/C=C/c2c(-c3ccccc3)nn(C)c2N)c1N. The standard InChI is InChI=1S/C22H22N6/c1-27-21(23)17(19(25-27)15-9-5-3-6-10-15)13-14-18-20(26-28(2)22(18)24)16-11-7-4-8-12-16/h3-14H,23-24H2,1-2H3/b14-13+. The van der Waals surface area contributed by atoms with Gasteiger partial charge in [-0.05, 0) is 12.2 Å². The number of hydrogen-bond donors (Lipinski definition) is 2. The van der Waals surface area contributed by atoms with Gasteiger partial charge in [0.25, 0.3) is 0 Å². The van der Waals surface area contributed by atoms with Crippen molar-refractivity contribution in [2.45, 2.75) is 0 Å². The van der Waals surface area contributed by atoms with E-state index in [2.05, 4.69) is 10.2 Å². The maximum atomic E-state index is 6.29. The summed E-state index contributed by atoms with van der Waals surface area (Å²) in [5.74, 6) is 1.19. The quantitative estimate of drug-likeness (QED) is 0.572. The van der Waals surface area contributed by atoms with Gasteiger partial charge >= 0.3 is 0 Å². The van der Waals surface area contributed by atoms with Crippen LogP contribution in [0.2, 0.25) is 0 Å². The highest BCUT2D eigenvalue weighted by Crippen LogP contribution is 2.32. The largest absolute Gasteiger partial charge is 0.383 e. The number of nitrogens with zero attached hydrogens (tertiary/aromatic N) is 4. The zero-order valence-electron chi connectivity index (χ0n) is 15.9. The zero-order chi connectivity index (χ0) is 19.7. The predicted octanol–water partition coefficient (Wildman–Crippen LogP) is 3.82. The van der Waals surface area contributed by atoms with E-state index in [1.165, 1.54) is 0 Å². The van der Waals surface area contributed by atoms with Crippen molar-refractivity contribution in [2.75, 3.05) is 11.5 Å². The second-order valence-electron chi connectivity index (χ2n) is 6.61. The molecule has 4 N–H and O–H groups in total. The Kier molecular flexibility index (Phi) is 4.45. The number of benzene rings is 2. The first kappa shape index (κ1) is 17.6. The van der Waals surface area contributed by atoms with E-state index in [0.29, 0.717) is 11.6 Å². The fourth-order valence-electron chi connectivity index (χ4n) is 3.22. The molecule has 0 saturated heterocycles. The second kappa shape index (κ2) is 7.08. The summed E-state index contributed by atoms with van der Waals surface area (Å²) in [5, 5.41) is 9.18. The topological polar surface area (TPSA) is 87.7 Å². The third-order valence-electron chi connectivity index (χ3n) is 4.77. The van der Waals surface area contributed by atoms with Crippen molar-refractivity contribution >= 4 is 23.8 Å². The number of aryl methyl sites for hydroxylation is 2. The Hall–Kier alpha value is -3.80. The molecule has 0 fully saturated rings. The van der Waals surface area contributed by atoms with Crippen molar-refractivity contribution in [3.05, 3.63) is 71.8 Å². The molecule has 0 unspecified atom stereocenters. The Balaban J connectivity index is 1.82. The number of rotatable bonds is 4. The normalized spacial score (nSPS) is 11.4. The summed E-state index contributed by atoms with van der Waals surface area (Å²) in [6.45, 7) is 0. The maximum Gasteiger partial charge on any atom is 0.129 e. The molecule has 4 aromatic rings. The first-order chi connectivity index (χ1) is 13.6. The van der Waals surface area contributed by atoms with Crippen molar-refractivity contribution in [3.8, 4) is 22.5 Å². The van der Waals surface area contributed by atoms with Crippen LogP contribution in [-0.4, -0.2) is 19.6 Å². The van der Waals surface area contributed by atoms with Crippen molar-refractivity contribution in [3.63, 3.8) is 0 Å². The van der Waals surface area contributed by atoms with Crippen LogP contribution in [0.1, 0.15) is 11.1 Å². The van der Waals surface area contributed by atoms with Crippen molar-refractivity contribution in [1.29, 1.82) is 0 Å². The summed E-state index contributed by atoms with van der Waals surface area (Å²) in [4.78, 5) is 0. The molecule has 0 saturated carbocycles. The Bertz CT molecular complexity index is 1050. The average molecular weight is 370 g/mol. The number of aromatic nitrogens is 4. The van der Waals surface area contributed by atoms with E-state index in [0.717, 1.165) is 33.6 Å². The molecule has 4 rings (SSSR count). The van der Waals surface area contributed by atoms with Gasteiger partial charge in [0.2, 0.25) is 0 Å². The molecule has 0 bridgehead atoms. The fourth-order valence-corrected chi connectivity index (χ4v) is 3.22. The molecule has 0 amide bonds. The molecular weight excluding hydrogens is 348 g/mol. The number of nitrogens with two attached hydrogens (primary N) is 2. The molecule has 0 atom stereocenters. The Morgan fingerprint density at radius 2 is 1.00 bits per heavy atom. The van der Waals surface area contributed by atoms with Crippen LogP contribution in [0.5, 0.6) is 0 Å². The van der Waals surface area contributed by atoms with Crippen LogP contribution in [0, 0.1) is 0 Å². The van der Waals surface area contributed by atoms with Crippen LogP contribution in [0.3, 0.4) is 0 Å². The minimum Gasteiger partial charge on any atom is -0.383 e. The Labute approximate surface area is 163 Å². The molecule has 0 aliphatic carbocycles. The molecule has 0 aliphatic heterocycles. The van der Waals surface area contributed by atoms with E-state index >= 15 is 0 Å². The molecular formula is C22H22N6. The van der Waals surface area contributed by atoms with Gasteiger partial charge < -0.3 is 11.5 Å². The van der Waals surface area contributed by atoms with E-state index in [4.69, 9.17) is 11.5 Å². The first-order valence-corrected chi connectivity index (χ1v) is 9.00. The van der Waals surface area contributed by atoms with Gasteiger partial charge in [-0.3, -0.25) is 9.36 Å². The van der Waals surface area contributed by atoms with Crippen molar-refractivity contribution < 1.29 is 0 Å². The lowest BCUT2D eigenvalue weighted by atomic mass is 10.0. The number of hydrogen-bond acceptors (Lipinski definition) is 4. The van der Waals surface area contributed by atoms with E-state index in [9.17, 15) is 0 Å². The molecule has 140 valence electrons. The Morgan fingerprint density at radius 3 is 1.36 bits per heavy atom. The van der Waals surface area contributed by atoms with Crippen LogP contribution < -0.4 is 11.5 Å². The van der Waals surface area contributed by atoms with Gasteiger partial charge in [0, 0.05) is 36.3 Å². The van der Waals surface area contributed by atoms with Gasteiger partial charge in [0.05, 0.1) is 0 Å². The number of anilines is 2. The molecule has 2 heterocycles. The molecule has 0 spiro atoms. The molecule has 0 aliphatic rings. The highest BCUT2D eigenvalue weighted by molar-refractivity contribution is 5.89. The zero-order valence-corrected chi connectivity index (χ0v) is 15.9. The van der Waals surface area contributed by atoms with Crippen LogP contribution in [0.15, 0.2) is 60.7 Å². The smallest absolute Gasteiger partial charge is 0.129 e. The summed E-state index contributed by atoms with van der Waals surface area (Å²) >= 11 is 0. The minimum absolute atomic E-state index is 0.596. The van der Waals surface area contributed by atoms with Gasteiger partial charge in [-0.2, -0.15) is 10.2 Å². The van der Waals surface area contributed by atoms with Crippen LogP contribution in [0.25, 0.3) is 34.7 Å². The summed E-state index contributed by atoms with van der Waals surface area (Å²) in [7, 11) is 3.68. The lowest BCUT2D eigenvalue weighted by Gasteiger charge is -2.01. The van der Waals surface area contributed by atoms with Gasteiger partial charge in [0.15, 0.2) is 0 Å². The van der Waals surface area contributed by atoms with E-state index in [1.807, 2.05) is 86.9 Å².